The molecular weight excluding hydrogens is 376 g/mol. The summed E-state index contributed by atoms with van der Waals surface area (Å²) in [5, 5.41) is 0. The molecular formula is C17H22N2O5S2. The molecule has 1 fully saturated rings. The smallest absolute Gasteiger partial charge is 0.243 e. The van der Waals surface area contributed by atoms with Crippen LogP contribution in [-0.2, 0) is 26.6 Å². The number of rotatable bonds is 6. The van der Waals surface area contributed by atoms with Crippen LogP contribution in [0.15, 0.2) is 50.6 Å². The van der Waals surface area contributed by atoms with Crippen molar-refractivity contribution in [1.82, 2.24) is 8.61 Å². The SMILES string of the molecule is Cc1ccc(CN(C)S(=O)(=O)c2ccc(S(=O)(=O)N3CCCC3)cc2)o1. The van der Waals surface area contributed by atoms with Gasteiger partial charge < -0.3 is 4.42 Å². The minimum absolute atomic E-state index is 0.0450. The van der Waals surface area contributed by atoms with Gasteiger partial charge in [0.2, 0.25) is 20.0 Å². The van der Waals surface area contributed by atoms with Gasteiger partial charge in [-0.2, -0.15) is 8.61 Å². The van der Waals surface area contributed by atoms with E-state index in [1.54, 1.807) is 19.1 Å². The first kappa shape index (κ1) is 19.1. The Morgan fingerprint density at radius 3 is 2.08 bits per heavy atom. The molecule has 0 bridgehead atoms. The van der Waals surface area contributed by atoms with E-state index in [2.05, 4.69) is 0 Å². The molecule has 0 aliphatic carbocycles. The summed E-state index contributed by atoms with van der Waals surface area (Å²) < 4.78 is 58.4. The van der Waals surface area contributed by atoms with E-state index in [4.69, 9.17) is 4.42 Å². The van der Waals surface area contributed by atoms with Crippen LogP contribution in [0.5, 0.6) is 0 Å². The average Bonchev–Trinajstić information content (AvgIpc) is 3.27. The van der Waals surface area contributed by atoms with Crippen LogP contribution in [-0.4, -0.2) is 45.6 Å². The van der Waals surface area contributed by atoms with Gasteiger partial charge in [0, 0.05) is 20.1 Å². The monoisotopic (exact) mass is 398 g/mol. The topological polar surface area (TPSA) is 87.9 Å². The van der Waals surface area contributed by atoms with Crippen LogP contribution in [0.4, 0.5) is 0 Å². The standard InChI is InChI=1S/C17H22N2O5S2/c1-14-5-6-15(24-14)13-18(2)25(20,21)16-7-9-17(10-8-16)26(22,23)19-11-3-4-12-19/h5-10H,3-4,11-13H2,1-2H3. The summed E-state index contributed by atoms with van der Waals surface area (Å²) in [6.07, 6.45) is 1.70. The first-order valence-corrected chi connectivity index (χ1v) is 11.2. The number of hydrogen-bond donors (Lipinski definition) is 0. The summed E-state index contributed by atoms with van der Waals surface area (Å²) in [5.41, 5.74) is 0. The van der Waals surface area contributed by atoms with Crippen molar-refractivity contribution in [2.24, 2.45) is 0 Å². The van der Waals surface area contributed by atoms with Crippen LogP contribution in [0.25, 0.3) is 0 Å². The van der Waals surface area contributed by atoms with Crippen molar-refractivity contribution in [2.75, 3.05) is 20.1 Å². The van der Waals surface area contributed by atoms with Crippen molar-refractivity contribution < 1.29 is 21.3 Å². The largest absolute Gasteiger partial charge is 0.465 e. The van der Waals surface area contributed by atoms with Crippen LogP contribution in [0.3, 0.4) is 0 Å². The van der Waals surface area contributed by atoms with Crippen LogP contribution >= 0.6 is 0 Å². The number of aryl methyl sites for hydroxylation is 1. The van der Waals surface area contributed by atoms with Gasteiger partial charge >= 0.3 is 0 Å². The third-order valence-corrected chi connectivity index (χ3v) is 8.14. The fourth-order valence-corrected chi connectivity index (χ4v) is 5.57. The maximum Gasteiger partial charge on any atom is 0.243 e. The number of sulfonamides is 2. The van der Waals surface area contributed by atoms with Gasteiger partial charge in [0.25, 0.3) is 0 Å². The Morgan fingerprint density at radius 1 is 0.962 bits per heavy atom. The molecule has 0 saturated carbocycles. The van der Waals surface area contributed by atoms with Crippen LogP contribution in [0, 0.1) is 6.92 Å². The maximum absolute atomic E-state index is 12.7. The number of hydrogen-bond acceptors (Lipinski definition) is 5. The average molecular weight is 399 g/mol. The van der Waals surface area contributed by atoms with Crippen molar-refractivity contribution in [3.8, 4) is 0 Å². The molecule has 0 unspecified atom stereocenters. The highest BCUT2D eigenvalue weighted by atomic mass is 32.2. The Bertz CT molecular complexity index is 972. The van der Waals surface area contributed by atoms with Crippen molar-refractivity contribution >= 4 is 20.0 Å². The van der Waals surface area contributed by atoms with E-state index in [0.29, 0.717) is 24.6 Å². The van der Waals surface area contributed by atoms with Crippen molar-refractivity contribution in [3.05, 3.63) is 47.9 Å². The van der Waals surface area contributed by atoms with Gasteiger partial charge in [-0.15, -0.1) is 0 Å². The summed E-state index contributed by atoms with van der Waals surface area (Å²) >= 11 is 0. The molecule has 3 rings (SSSR count). The van der Waals surface area contributed by atoms with Crippen molar-refractivity contribution in [1.29, 1.82) is 0 Å². The van der Waals surface area contributed by atoms with Gasteiger partial charge in [-0.1, -0.05) is 0 Å². The third-order valence-electron chi connectivity index (χ3n) is 4.41. The molecule has 2 aromatic rings. The Morgan fingerprint density at radius 2 is 1.54 bits per heavy atom. The maximum atomic E-state index is 12.7. The Balaban J connectivity index is 1.80. The molecule has 0 amide bonds. The van der Waals surface area contributed by atoms with Crippen molar-refractivity contribution in [3.63, 3.8) is 0 Å². The zero-order valence-corrected chi connectivity index (χ0v) is 16.4. The molecule has 0 atom stereocenters. The summed E-state index contributed by atoms with van der Waals surface area (Å²) in [7, 11) is -5.84. The zero-order valence-electron chi connectivity index (χ0n) is 14.8. The molecule has 1 aromatic heterocycles. The van der Waals surface area contributed by atoms with Crippen LogP contribution < -0.4 is 0 Å². The highest BCUT2D eigenvalue weighted by molar-refractivity contribution is 7.89. The van der Waals surface area contributed by atoms with E-state index in [-0.39, 0.29) is 16.3 Å². The molecule has 1 aliphatic heterocycles. The summed E-state index contributed by atoms with van der Waals surface area (Å²) in [4.78, 5) is 0.159. The van der Waals surface area contributed by atoms with Gasteiger partial charge in [-0.05, 0) is 56.2 Å². The molecule has 26 heavy (non-hydrogen) atoms. The van der Waals surface area contributed by atoms with E-state index < -0.39 is 20.0 Å². The fraction of sp³-hybridized carbons (Fsp3) is 0.412. The van der Waals surface area contributed by atoms with E-state index in [0.717, 1.165) is 12.8 Å². The predicted molar refractivity (Wildman–Crippen MR) is 96.5 cm³/mol. The number of benzene rings is 1. The minimum Gasteiger partial charge on any atom is -0.465 e. The molecule has 142 valence electrons. The van der Waals surface area contributed by atoms with E-state index in [9.17, 15) is 16.8 Å². The lowest BCUT2D eigenvalue weighted by Crippen LogP contribution is -2.28. The quantitative estimate of drug-likeness (QED) is 0.744. The van der Waals surface area contributed by atoms with Gasteiger partial charge in [0.15, 0.2) is 0 Å². The second-order valence-corrected chi connectivity index (χ2v) is 10.3. The second kappa shape index (κ2) is 7.15. The molecule has 0 radical (unpaired) electrons. The third kappa shape index (κ3) is 3.71. The molecule has 7 nitrogen and oxygen atoms in total. The Kier molecular flexibility index (Phi) is 5.25. The van der Waals surface area contributed by atoms with E-state index in [1.807, 2.05) is 0 Å². The van der Waals surface area contributed by atoms with Gasteiger partial charge in [0.05, 0.1) is 16.3 Å². The summed E-state index contributed by atoms with van der Waals surface area (Å²) in [5.74, 6) is 1.25. The van der Waals surface area contributed by atoms with Crippen molar-refractivity contribution in [2.45, 2.75) is 36.1 Å². The molecule has 2 heterocycles. The van der Waals surface area contributed by atoms with Gasteiger partial charge in [-0.25, -0.2) is 16.8 Å². The highest BCUT2D eigenvalue weighted by Crippen LogP contribution is 2.24. The molecule has 1 aromatic carbocycles. The fourth-order valence-electron chi connectivity index (χ4n) is 2.92. The lowest BCUT2D eigenvalue weighted by Gasteiger charge is -2.18. The number of furan rings is 1. The van der Waals surface area contributed by atoms with Gasteiger partial charge in [-0.3, -0.25) is 0 Å². The minimum atomic E-state index is -3.74. The first-order valence-electron chi connectivity index (χ1n) is 8.33. The molecule has 0 spiro atoms. The second-order valence-electron chi connectivity index (χ2n) is 6.36. The molecule has 0 N–H and O–H groups in total. The van der Waals surface area contributed by atoms with E-state index in [1.165, 1.54) is 39.9 Å². The molecule has 1 aliphatic rings. The summed E-state index contributed by atoms with van der Waals surface area (Å²) in [6.45, 7) is 2.91. The lowest BCUT2D eigenvalue weighted by atomic mass is 10.4. The normalized spacial score (nSPS) is 16.4. The number of nitrogens with zero attached hydrogens (tertiary/aromatic N) is 2. The van der Waals surface area contributed by atoms with Crippen LogP contribution in [0.1, 0.15) is 24.4 Å². The molecule has 9 heteroatoms. The van der Waals surface area contributed by atoms with Gasteiger partial charge in [0.1, 0.15) is 11.5 Å². The zero-order chi connectivity index (χ0) is 18.9. The van der Waals surface area contributed by atoms with E-state index >= 15 is 0 Å². The molecule has 1 saturated heterocycles. The Labute approximate surface area is 154 Å². The first-order chi connectivity index (χ1) is 12.2. The predicted octanol–water partition coefficient (Wildman–Crippen LogP) is 2.19. The van der Waals surface area contributed by atoms with Crippen LogP contribution in [0.2, 0.25) is 0 Å². The summed E-state index contributed by atoms with van der Waals surface area (Å²) in [6, 6.07) is 8.88. The lowest BCUT2D eigenvalue weighted by molar-refractivity contribution is 0.397. The highest BCUT2D eigenvalue weighted by Gasteiger charge is 2.28. The Hall–Kier alpha value is -1.68.